The summed E-state index contributed by atoms with van der Waals surface area (Å²) in [6.07, 6.45) is 6.27. The Morgan fingerprint density at radius 1 is 1.40 bits per heavy atom. The predicted molar refractivity (Wildman–Crippen MR) is 81.5 cm³/mol. The molecule has 0 saturated carbocycles. The van der Waals surface area contributed by atoms with Crippen molar-refractivity contribution >= 4 is 27.7 Å². The molecule has 0 radical (unpaired) electrons. The molecule has 20 heavy (non-hydrogen) atoms. The van der Waals surface area contributed by atoms with E-state index in [0.29, 0.717) is 10.2 Å². The van der Waals surface area contributed by atoms with Crippen LogP contribution in [0.25, 0.3) is 10.2 Å². The van der Waals surface area contributed by atoms with Gasteiger partial charge in [-0.3, -0.25) is 9.59 Å². The lowest BCUT2D eigenvalue weighted by Gasteiger charge is -2.03. The van der Waals surface area contributed by atoms with Gasteiger partial charge in [-0.05, 0) is 36.6 Å². The third-order valence-electron chi connectivity index (χ3n) is 3.07. The number of nitrogens with one attached hydrogen (secondary N) is 1. The highest BCUT2D eigenvalue weighted by atomic mass is 32.1. The average molecular weight is 293 g/mol. The Morgan fingerprint density at radius 2 is 2.25 bits per heavy atom. The van der Waals surface area contributed by atoms with Crippen LogP contribution in [0.4, 0.5) is 0 Å². The van der Waals surface area contributed by atoms with Crippen molar-refractivity contribution in [3.63, 3.8) is 0 Å². The normalized spacial score (nSPS) is 11.1. The van der Waals surface area contributed by atoms with Crippen LogP contribution in [0.2, 0.25) is 0 Å². The zero-order valence-corrected chi connectivity index (χ0v) is 12.4. The summed E-state index contributed by atoms with van der Waals surface area (Å²) in [6.45, 7) is 3.17. The second-order valence-electron chi connectivity index (χ2n) is 4.68. The molecule has 108 valence electrons. The minimum absolute atomic E-state index is 0.193. The number of hydrogen-bond acceptors (Lipinski definition) is 5. The maximum Gasteiger partial charge on any atom is 0.277 e. The summed E-state index contributed by atoms with van der Waals surface area (Å²) in [6, 6.07) is 3.40. The number of pyridine rings is 1. The SMILES string of the molecule is CCCCCCNCC(=O)n1sc2ncccc2c1=O. The molecule has 5 nitrogen and oxygen atoms in total. The molecule has 0 aliphatic carbocycles. The minimum atomic E-state index is -0.268. The minimum Gasteiger partial charge on any atom is -0.308 e. The zero-order valence-electron chi connectivity index (χ0n) is 11.6. The van der Waals surface area contributed by atoms with E-state index >= 15 is 0 Å². The average Bonchev–Trinajstić information content (AvgIpc) is 2.80. The summed E-state index contributed by atoms with van der Waals surface area (Å²) < 4.78 is 1.19. The van der Waals surface area contributed by atoms with Crippen LogP contribution in [0.3, 0.4) is 0 Å². The van der Waals surface area contributed by atoms with Crippen molar-refractivity contribution in [1.29, 1.82) is 0 Å². The molecule has 1 N–H and O–H groups in total. The molecule has 2 aromatic heterocycles. The standard InChI is InChI=1S/C14H19N3O2S/c1-2-3-4-5-8-15-10-12(18)17-14(19)11-7-6-9-16-13(11)20-17/h6-7,9,15H,2-5,8,10H2,1H3. The monoisotopic (exact) mass is 293 g/mol. The van der Waals surface area contributed by atoms with Crippen LogP contribution in [-0.4, -0.2) is 27.9 Å². The van der Waals surface area contributed by atoms with Crippen LogP contribution >= 0.6 is 11.5 Å². The summed E-state index contributed by atoms with van der Waals surface area (Å²) in [7, 11) is 0. The van der Waals surface area contributed by atoms with Gasteiger partial charge in [0, 0.05) is 6.20 Å². The Labute approximate surface area is 121 Å². The van der Waals surface area contributed by atoms with Gasteiger partial charge in [-0.15, -0.1) is 0 Å². The summed E-state index contributed by atoms with van der Waals surface area (Å²) in [5.41, 5.74) is -0.268. The number of carbonyl (C=O) groups is 1. The molecule has 0 bridgehead atoms. The van der Waals surface area contributed by atoms with Gasteiger partial charge in [0.25, 0.3) is 11.5 Å². The number of fused-ring (bicyclic) bond motifs is 1. The first-order valence-electron chi connectivity index (χ1n) is 6.95. The number of carbonyl (C=O) groups excluding carboxylic acids is 1. The quantitative estimate of drug-likeness (QED) is 0.795. The molecule has 0 amide bonds. The van der Waals surface area contributed by atoms with Crippen LogP contribution in [-0.2, 0) is 0 Å². The summed E-state index contributed by atoms with van der Waals surface area (Å²) >= 11 is 1.11. The first-order valence-corrected chi connectivity index (χ1v) is 7.72. The van der Waals surface area contributed by atoms with Crippen molar-refractivity contribution in [2.45, 2.75) is 32.6 Å². The maximum absolute atomic E-state index is 12.0. The van der Waals surface area contributed by atoms with Gasteiger partial charge in [0.2, 0.25) is 0 Å². The van der Waals surface area contributed by atoms with E-state index < -0.39 is 0 Å². The van der Waals surface area contributed by atoms with E-state index in [4.69, 9.17) is 0 Å². The van der Waals surface area contributed by atoms with Crippen molar-refractivity contribution in [2.24, 2.45) is 0 Å². The molecule has 2 heterocycles. The predicted octanol–water partition coefficient (Wildman–Crippen LogP) is 2.27. The van der Waals surface area contributed by atoms with Gasteiger partial charge >= 0.3 is 0 Å². The molecule has 2 aromatic rings. The highest BCUT2D eigenvalue weighted by Gasteiger charge is 2.13. The first kappa shape index (κ1) is 14.9. The Kier molecular flexibility index (Phi) is 5.43. The Morgan fingerprint density at radius 3 is 3.00 bits per heavy atom. The molecule has 0 atom stereocenters. The van der Waals surface area contributed by atoms with Gasteiger partial charge in [0.1, 0.15) is 4.83 Å². The van der Waals surface area contributed by atoms with Gasteiger partial charge in [-0.1, -0.05) is 26.2 Å². The molecular formula is C14H19N3O2S. The van der Waals surface area contributed by atoms with Crippen molar-refractivity contribution in [3.05, 3.63) is 28.7 Å². The highest BCUT2D eigenvalue weighted by molar-refractivity contribution is 7.14. The van der Waals surface area contributed by atoms with Crippen molar-refractivity contribution in [1.82, 2.24) is 14.3 Å². The van der Waals surface area contributed by atoms with Crippen LogP contribution in [0.5, 0.6) is 0 Å². The van der Waals surface area contributed by atoms with E-state index in [-0.39, 0.29) is 18.0 Å². The summed E-state index contributed by atoms with van der Waals surface area (Å²) in [5, 5.41) is 3.60. The fraction of sp³-hybridized carbons (Fsp3) is 0.500. The molecule has 6 heteroatoms. The third-order valence-corrected chi connectivity index (χ3v) is 4.12. The van der Waals surface area contributed by atoms with Crippen molar-refractivity contribution in [2.75, 3.05) is 13.1 Å². The topological polar surface area (TPSA) is 64.0 Å². The van der Waals surface area contributed by atoms with E-state index in [9.17, 15) is 9.59 Å². The van der Waals surface area contributed by atoms with Gasteiger partial charge in [0.05, 0.1) is 11.9 Å². The van der Waals surface area contributed by atoms with Crippen LogP contribution in [0.1, 0.15) is 37.4 Å². The van der Waals surface area contributed by atoms with E-state index in [2.05, 4.69) is 17.2 Å². The molecule has 0 fully saturated rings. The van der Waals surface area contributed by atoms with Gasteiger partial charge in [0.15, 0.2) is 0 Å². The number of unbranched alkanes of at least 4 members (excludes halogenated alkanes) is 3. The van der Waals surface area contributed by atoms with E-state index in [0.717, 1.165) is 24.5 Å². The molecule has 0 aliphatic heterocycles. The lowest BCUT2D eigenvalue weighted by molar-refractivity contribution is 0.0922. The van der Waals surface area contributed by atoms with Gasteiger partial charge in [-0.25, -0.2) is 4.98 Å². The van der Waals surface area contributed by atoms with Crippen LogP contribution in [0, 0.1) is 0 Å². The van der Waals surface area contributed by atoms with Gasteiger partial charge in [-0.2, -0.15) is 3.96 Å². The van der Waals surface area contributed by atoms with E-state index in [1.165, 1.54) is 23.2 Å². The second kappa shape index (κ2) is 7.31. The molecule has 2 rings (SSSR count). The Hall–Kier alpha value is -1.53. The number of aromatic nitrogens is 2. The molecule has 0 aromatic carbocycles. The second-order valence-corrected chi connectivity index (χ2v) is 5.61. The number of nitrogens with zero attached hydrogens (tertiary/aromatic N) is 2. The van der Waals surface area contributed by atoms with Crippen molar-refractivity contribution < 1.29 is 4.79 Å². The molecule has 0 spiro atoms. The summed E-state index contributed by atoms with van der Waals surface area (Å²) in [5.74, 6) is -0.214. The van der Waals surface area contributed by atoms with Crippen LogP contribution in [0.15, 0.2) is 23.1 Å². The fourth-order valence-electron chi connectivity index (χ4n) is 1.97. The number of rotatable bonds is 7. The van der Waals surface area contributed by atoms with E-state index in [1.807, 2.05) is 0 Å². The Balaban J connectivity index is 1.91. The summed E-state index contributed by atoms with van der Waals surface area (Å²) in [4.78, 5) is 28.7. The van der Waals surface area contributed by atoms with Crippen molar-refractivity contribution in [3.8, 4) is 0 Å². The van der Waals surface area contributed by atoms with E-state index in [1.54, 1.807) is 18.3 Å². The molecule has 0 unspecified atom stereocenters. The van der Waals surface area contributed by atoms with Gasteiger partial charge < -0.3 is 5.32 Å². The Bertz CT molecular complexity index is 633. The van der Waals surface area contributed by atoms with Crippen LogP contribution < -0.4 is 10.9 Å². The lowest BCUT2D eigenvalue weighted by Crippen LogP contribution is -2.31. The molecule has 0 aliphatic rings. The number of hydrogen-bond donors (Lipinski definition) is 1. The first-order chi connectivity index (χ1) is 9.74. The smallest absolute Gasteiger partial charge is 0.277 e. The largest absolute Gasteiger partial charge is 0.308 e. The highest BCUT2D eigenvalue weighted by Crippen LogP contribution is 2.12. The third kappa shape index (κ3) is 3.52. The molecular weight excluding hydrogens is 274 g/mol. The molecule has 0 saturated heterocycles. The lowest BCUT2D eigenvalue weighted by atomic mass is 10.2. The fourth-order valence-corrected chi connectivity index (χ4v) is 2.85. The maximum atomic E-state index is 12.0. The zero-order chi connectivity index (χ0) is 14.4.